The van der Waals surface area contributed by atoms with E-state index in [4.69, 9.17) is 0 Å². The first-order chi connectivity index (χ1) is 14.2. The van der Waals surface area contributed by atoms with Gasteiger partial charge in [-0.3, -0.25) is 4.98 Å². The molecule has 0 fully saturated rings. The van der Waals surface area contributed by atoms with Crippen LogP contribution >= 0.6 is 0 Å². The van der Waals surface area contributed by atoms with Gasteiger partial charge in [0.2, 0.25) is 5.95 Å². The minimum absolute atomic E-state index is 0.496. The van der Waals surface area contributed by atoms with E-state index >= 15 is 0 Å². The van der Waals surface area contributed by atoms with Crippen LogP contribution in [0.15, 0.2) is 72.7 Å². The Morgan fingerprint density at radius 2 is 1.93 bits per heavy atom. The molecule has 0 bridgehead atoms. The van der Waals surface area contributed by atoms with Crippen LogP contribution in [-0.4, -0.2) is 25.1 Å². The molecule has 29 heavy (non-hydrogen) atoms. The Bertz CT molecular complexity index is 1100. The van der Waals surface area contributed by atoms with Crippen LogP contribution in [0.2, 0.25) is 0 Å². The van der Waals surface area contributed by atoms with E-state index in [1.54, 1.807) is 24.4 Å². The van der Waals surface area contributed by atoms with Crippen LogP contribution in [0.5, 0.6) is 0 Å². The maximum absolute atomic E-state index is 13.6. The Labute approximate surface area is 169 Å². The van der Waals surface area contributed by atoms with E-state index in [0.717, 1.165) is 35.5 Å². The fraction of sp³-hybridized carbons (Fsp3) is 0.174. The molecular formula is C23H20FN5. The standard InChI is InChI=1S/C23H20FN5/c1-2-8-17-15-20(18-9-3-5-13-25-18)27-28-21(17)16-29-14-6-4-11-22(29)19-10-7-12-23(24)26-19/h3-7,9-10,12-15H,2,8,16H2,1H3. The number of rotatable bonds is 6. The van der Waals surface area contributed by atoms with Crippen molar-refractivity contribution in [3.05, 3.63) is 95.6 Å². The number of hydrogen-bond acceptors (Lipinski definition) is 5. The Balaban J connectivity index is 1.66. The van der Waals surface area contributed by atoms with Crippen molar-refractivity contribution < 1.29 is 4.39 Å². The number of halogens is 1. The lowest BCUT2D eigenvalue weighted by Gasteiger charge is -2.23. The number of pyridine rings is 2. The zero-order chi connectivity index (χ0) is 20.1. The van der Waals surface area contributed by atoms with Crippen molar-refractivity contribution in [2.75, 3.05) is 0 Å². The molecule has 3 aromatic rings. The van der Waals surface area contributed by atoms with Gasteiger partial charge in [0.1, 0.15) is 11.4 Å². The first-order valence-corrected chi connectivity index (χ1v) is 9.54. The van der Waals surface area contributed by atoms with Crippen LogP contribution in [0, 0.1) is 5.95 Å². The molecule has 0 N–H and O–H groups in total. The zero-order valence-electron chi connectivity index (χ0n) is 16.1. The number of nitrogens with zero attached hydrogens (tertiary/aromatic N) is 5. The fourth-order valence-corrected chi connectivity index (χ4v) is 3.20. The summed E-state index contributed by atoms with van der Waals surface area (Å²) in [6.07, 6.45) is 9.22. The van der Waals surface area contributed by atoms with Crippen molar-refractivity contribution in [2.24, 2.45) is 0 Å². The van der Waals surface area contributed by atoms with E-state index in [9.17, 15) is 4.39 Å². The van der Waals surface area contributed by atoms with Gasteiger partial charge in [0.15, 0.2) is 0 Å². The minimum Gasteiger partial charge on any atom is -0.334 e. The minimum atomic E-state index is -0.516. The molecule has 0 aromatic carbocycles. The largest absolute Gasteiger partial charge is 0.334 e. The molecular weight excluding hydrogens is 365 g/mol. The predicted octanol–water partition coefficient (Wildman–Crippen LogP) is 4.55. The van der Waals surface area contributed by atoms with Crippen molar-refractivity contribution in [3.8, 4) is 11.4 Å². The summed E-state index contributed by atoms with van der Waals surface area (Å²) in [6.45, 7) is 2.63. The van der Waals surface area contributed by atoms with Gasteiger partial charge < -0.3 is 4.90 Å². The van der Waals surface area contributed by atoms with Gasteiger partial charge >= 0.3 is 0 Å². The summed E-state index contributed by atoms with van der Waals surface area (Å²) >= 11 is 0. The zero-order valence-corrected chi connectivity index (χ0v) is 16.1. The van der Waals surface area contributed by atoms with Gasteiger partial charge in [-0.2, -0.15) is 9.49 Å². The third-order valence-corrected chi connectivity index (χ3v) is 4.55. The van der Waals surface area contributed by atoms with Crippen LogP contribution in [0.25, 0.3) is 17.1 Å². The highest BCUT2D eigenvalue weighted by Gasteiger charge is 2.17. The van der Waals surface area contributed by atoms with Crippen LogP contribution in [0.4, 0.5) is 4.39 Å². The first-order valence-electron chi connectivity index (χ1n) is 9.54. The Kier molecular flexibility index (Phi) is 5.54. The summed E-state index contributed by atoms with van der Waals surface area (Å²) in [5.41, 5.74) is 7.94. The van der Waals surface area contributed by atoms with Gasteiger partial charge in [-0.25, -0.2) is 4.98 Å². The Morgan fingerprint density at radius 1 is 1.03 bits per heavy atom. The third kappa shape index (κ3) is 4.28. The molecule has 0 spiro atoms. The van der Waals surface area contributed by atoms with Crippen LogP contribution in [0.1, 0.15) is 30.3 Å². The fourth-order valence-electron chi connectivity index (χ4n) is 3.20. The van der Waals surface area contributed by atoms with Crippen LogP contribution in [0.3, 0.4) is 0 Å². The highest BCUT2D eigenvalue weighted by atomic mass is 19.1. The van der Waals surface area contributed by atoms with E-state index in [2.05, 4.69) is 38.9 Å². The molecule has 3 aromatic heterocycles. The van der Waals surface area contributed by atoms with Gasteiger partial charge in [0.05, 0.1) is 23.6 Å². The summed E-state index contributed by atoms with van der Waals surface area (Å²) in [6, 6.07) is 12.5. The molecule has 4 rings (SSSR count). The molecule has 0 radical (unpaired) electrons. The summed E-state index contributed by atoms with van der Waals surface area (Å²) in [5, 5.41) is 8.89. The van der Waals surface area contributed by atoms with Crippen molar-refractivity contribution in [1.29, 1.82) is 0 Å². The molecule has 1 aliphatic rings. The van der Waals surface area contributed by atoms with E-state index in [0.29, 0.717) is 17.9 Å². The van der Waals surface area contributed by atoms with Gasteiger partial charge in [-0.1, -0.05) is 31.2 Å². The summed E-state index contributed by atoms with van der Waals surface area (Å²) < 4.78 is 13.6. The third-order valence-electron chi connectivity index (χ3n) is 4.55. The van der Waals surface area contributed by atoms with Gasteiger partial charge in [-0.05, 0) is 54.5 Å². The van der Waals surface area contributed by atoms with Crippen molar-refractivity contribution in [1.82, 2.24) is 25.1 Å². The average molecular weight is 385 g/mol. The molecule has 0 amide bonds. The van der Waals surface area contributed by atoms with E-state index in [-0.39, 0.29) is 0 Å². The molecule has 0 atom stereocenters. The topological polar surface area (TPSA) is 54.8 Å². The molecule has 0 unspecified atom stereocenters. The van der Waals surface area contributed by atoms with Crippen molar-refractivity contribution in [3.63, 3.8) is 0 Å². The van der Waals surface area contributed by atoms with E-state index in [1.807, 2.05) is 35.4 Å². The second-order valence-corrected chi connectivity index (χ2v) is 6.64. The smallest absolute Gasteiger partial charge is 0.213 e. The molecule has 6 heteroatoms. The number of hydrogen-bond donors (Lipinski definition) is 0. The second kappa shape index (κ2) is 8.59. The van der Waals surface area contributed by atoms with Gasteiger partial charge in [-0.15, -0.1) is 5.10 Å². The maximum Gasteiger partial charge on any atom is 0.213 e. The first kappa shape index (κ1) is 18.7. The molecule has 4 heterocycles. The number of allylic oxidation sites excluding steroid dienone is 2. The molecule has 144 valence electrons. The lowest BCUT2D eigenvalue weighted by atomic mass is 10.1. The molecule has 0 saturated carbocycles. The molecule has 5 nitrogen and oxygen atoms in total. The van der Waals surface area contributed by atoms with Crippen molar-refractivity contribution in [2.45, 2.75) is 26.3 Å². The van der Waals surface area contributed by atoms with Gasteiger partial charge in [0, 0.05) is 12.4 Å². The van der Waals surface area contributed by atoms with E-state index in [1.165, 1.54) is 6.07 Å². The maximum atomic E-state index is 13.6. The normalized spacial score (nSPS) is 12.9. The van der Waals surface area contributed by atoms with E-state index < -0.39 is 5.95 Å². The Morgan fingerprint density at radius 3 is 2.72 bits per heavy atom. The summed E-state index contributed by atoms with van der Waals surface area (Å²) in [5.74, 6) is -0.516. The second-order valence-electron chi connectivity index (χ2n) is 6.64. The quantitative estimate of drug-likeness (QED) is 0.460. The Hall–Kier alpha value is -3.63. The highest BCUT2D eigenvalue weighted by molar-refractivity contribution is 5.63. The number of aromatic nitrogens is 4. The van der Waals surface area contributed by atoms with Crippen LogP contribution < -0.4 is 0 Å². The monoisotopic (exact) mass is 385 g/mol. The van der Waals surface area contributed by atoms with Crippen molar-refractivity contribution >= 4 is 5.70 Å². The van der Waals surface area contributed by atoms with Crippen LogP contribution in [-0.2, 0) is 13.0 Å². The average Bonchev–Trinajstić information content (AvgIpc) is 2.76. The molecule has 0 aliphatic carbocycles. The predicted molar refractivity (Wildman–Crippen MR) is 110 cm³/mol. The SMILES string of the molecule is CCCc1cc(-c2ccccn2)nnc1CN1C=CC=C=C1c1cccc(F)n1. The highest BCUT2D eigenvalue weighted by Crippen LogP contribution is 2.24. The summed E-state index contributed by atoms with van der Waals surface area (Å²) in [7, 11) is 0. The lowest BCUT2D eigenvalue weighted by molar-refractivity contribution is 0.502. The summed E-state index contributed by atoms with van der Waals surface area (Å²) in [4.78, 5) is 10.3. The molecule has 1 aliphatic heterocycles. The number of aryl methyl sites for hydroxylation is 1. The van der Waals surface area contributed by atoms with Gasteiger partial charge in [0.25, 0.3) is 0 Å². The lowest BCUT2D eigenvalue weighted by Crippen LogP contribution is -2.19. The molecule has 0 saturated heterocycles.